The van der Waals surface area contributed by atoms with Gasteiger partial charge in [-0.2, -0.15) is 0 Å². The lowest BCUT2D eigenvalue weighted by molar-refractivity contribution is 0.0981. The fraction of sp³-hybridized carbons (Fsp3) is 0.107. The number of aromatic nitrogens is 1. The van der Waals surface area contributed by atoms with Gasteiger partial charge in [-0.25, -0.2) is 4.98 Å². The van der Waals surface area contributed by atoms with E-state index >= 15 is 0 Å². The number of furan rings is 1. The van der Waals surface area contributed by atoms with Crippen molar-refractivity contribution in [3.63, 3.8) is 0 Å². The van der Waals surface area contributed by atoms with Crippen molar-refractivity contribution in [1.82, 2.24) is 4.98 Å². The first-order chi connectivity index (χ1) is 16.5. The highest BCUT2D eigenvalue weighted by Gasteiger charge is 2.24. The average Bonchev–Trinajstić information content (AvgIpc) is 3.55. The minimum Gasteiger partial charge on any atom is -0.467 e. The van der Waals surface area contributed by atoms with E-state index in [9.17, 15) is 9.59 Å². The summed E-state index contributed by atoms with van der Waals surface area (Å²) >= 11 is 1.49. The van der Waals surface area contributed by atoms with E-state index in [1.165, 1.54) is 11.3 Å². The fourth-order valence-electron chi connectivity index (χ4n) is 3.82. The molecular weight excluding hydrogens is 444 g/mol. The van der Waals surface area contributed by atoms with Crippen LogP contribution in [0.2, 0.25) is 0 Å². The molecule has 0 unspecified atom stereocenters. The third-order valence-electron chi connectivity index (χ3n) is 5.73. The zero-order chi connectivity index (χ0) is 23.7. The van der Waals surface area contributed by atoms with Crippen LogP contribution in [0.1, 0.15) is 43.2 Å². The van der Waals surface area contributed by atoms with Crippen molar-refractivity contribution in [3.05, 3.63) is 119 Å². The van der Waals surface area contributed by atoms with Gasteiger partial charge in [0.1, 0.15) is 5.76 Å². The summed E-state index contributed by atoms with van der Waals surface area (Å²) in [7, 11) is 0. The summed E-state index contributed by atoms with van der Waals surface area (Å²) in [4.78, 5) is 32.8. The van der Waals surface area contributed by atoms with Crippen LogP contribution in [-0.4, -0.2) is 16.7 Å². The minimum atomic E-state index is -0.204. The standard InChI is InChI=1S/C28H22N2O3S/c1-18-10-11-19(2)26-24(18)29-28(34-26)30(17-23-9-6-16-33-23)27(32)22-14-12-21(13-15-22)25(31)20-7-4-3-5-8-20/h3-16H,17H2,1-2H3. The van der Waals surface area contributed by atoms with Gasteiger partial charge in [-0.15, -0.1) is 0 Å². The molecule has 0 spiro atoms. The second-order valence-corrected chi connectivity index (χ2v) is 9.09. The molecule has 0 bridgehead atoms. The third kappa shape index (κ3) is 4.16. The Morgan fingerprint density at radius 2 is 1.50 bits per heavy atom. The van der Waals surface area contributed by atoms with Gasteiger partial charge in [-0.3, -0.25) is 14.5 Å². The molecule has 0 N–H and O–H groups in total. The molecule has 6 heteroatoms. The van der Waals surface area contributed by atoms with Gasteiger partial charge in [0, 0.05) is 16.7 Å². The van der Waals surface area contributed by atoms with Gasteiger partial charge < -0.3 is 4.42 Å². The molecule has 0 saturated carbocycles. The quantitative estimate of drug-likeness (QED) is 0.265. The summed E-state index contributed by atoms with van der Waals surface area (Å²) in [5, 5.41) is 0.609. The van der Waals surface area contributed by atoms with Crippen molar-refractivity contribution in [1.29, 1.82) is 0 Å². The van der Waals surface area contributed by atoms with Crippen molar-refractivity contribution in [2.24, 2.45) is 0 Å². The molecule has 1 amide bonds. The van der Waals surface area contributed by atoms with Gasteiger partial charge in [0.25, 0.3) is 5.91 Å². The largest absolute Gasteiger partial charge is 0.467 e. The van der Waals surface area contributed by atoms with E-state index in [1.807, 2.05) is 44.2 Å². The van der Waals surface area contributed by atoms with Crippen LogP contribution in [0.4, 0.5) is 5.13 Å². The van der Waals surface area contributed by atoms with Crippen LogP contribution in [0.15, 0.2) is 89.5 Å². The van der Waals surface area contributed by atoms with E-state index in [2.05, 4.69) is 6.07 Å². The Bertz CT molecular complexity index is 1430. The number of carbonyl (C=O) groups excluding carboxylic acids is 2. The Morgan fingerprint density at radius 3 is 2.18 bits per heavy atom. The van der Waals surface area contributed by atoms with E-state index in [-0.39, 0.29) is 18.2 Å². The number of amides is 1. The van der Waals surface area contributed by atoms with E-state index < -0.39 is 0 Å². The lowest BCUT2D eigenvalue weighted by Crippen LogP contribution is -2.30. The number of anilines is 1. The maximum atomic E-state index is 13.6. The number of aryl methyl sites for hydroxylation is 2. The molecule has 3 aromatic carbocycles. The fourth-order valence-corrected chi connectivity index (χ4v) is 4.93. The monoisotopic (exact) mass is 466 g/mol. The predicted molar refractivity (Wildman–Crippen MR) is 135 cm³/mol. The van der Waals surface area contributed by atoms with E-state index in [0.29, 0.717) is 27.6 Å². The number of ketones is 1. The smallest absolute Gasteiger partial charge is 0.260 e. The summed E-state index contributed by atoms with van der Waals surface area (Å²) in [6.07, 6.45) is 1.59. The van der Waals surface area contributed by atoms with Crippen LogP contribution >= 0.6 is 11.3 Å². The Kier molecular flexibility index (Phi) is 5.82. The maximum absolute atomic E-state index is 13.6. The van der Waals surface area contributed by atoms with E-state index in [4.69, 9.17) is 9.40 Å². The average molecular weight is 467 g/mol. The molecule has 0 aliphatic heterocycles. The number of nitrogens with zero attached hydrogens (tertiary/aromatic N) is 2. The lowest BCUT2D eigenvalue weighted by Gasteiger charge is -2.19. The molecular formula is C28H22N2O3S. The first kappa shape index (κ1) is 21.8. The minimum absolute atomic E-state index is 0.0795. The van der Waals surface area contributed by atoms with Crippen LogP contribution in [0.5, 0.6) is 0 Å². The molecule has 0 fully saturated rings. The van der Waals surface area contributed by atoms with E-state index in [0.717, 1.165) is 21.3 Å². The SMILES string of the molecule is Cc1ccc(C)c2sc(N(Cc3ccco3)C(=O)c3ccc(C(=O)c4ccccc4)cc3)nc12. The number of thiazole rings is 1. The molecule has 5 aromatic rings. The molecule has 0 atom stereocenters. The van der Waals surface area contributed by atoms with Crippen LogP contribution in [0, 0.1) is 13.8 Å². The Hall–Kier alpha value is -4.03. The molecule has 0 saturated heterocycles. The summed E-state index contributed by atoms with van der Waals surface area (Å²) in [5.41, 5.74) is 4.72. The molecule has 168 valence electrons. The topological polar surface area (TPSA) is 63.4 Å². The summed E-state index contributed by atoms with van der Waals surface area (Å²) in [6, 6.07) is 23.6. The van der Waals surface area contributed by atoms with Gasteiger partial charge in [0.15, 0.2) is 10.9 Å². The summed E-state index contributed by atoms with van der Waals surface area (Å²) in [6.45, 7) is 4.33. The number of benzene rings is 3. The zero-order valence-corrected chi connectivity index (χ0v) is 19.6. The first-order valence-electron chi connectivity index (χ1n) is 10.9. The van der Waals surface area contributed by atoms with Gasteiger partial charge >= 0.3 is 0 Å². The third-order valence-corrected chi connectivity index (χ3v) is 6.94. The van der Waals surface area contributed by atoms with Crippen molar-refractivity contribution in [2.75, 3.05) is 4.90 Å². The highest BCUT2D eigenvalue weighted by Crippen LogP contribution is 2.34. The van der Waals surface area contributed by atoms with Crippen LogP contribution in [-0.2, 0) is 6.54 Å². The molecule has 2 heterocycles. The second-order valence-electron chi connectivity index (χ2n) is 8.12. The van der Waals surface area contributed by atoms with Gasteiger partial charge in [0.05, 0.1) is 23.0 Å². The maximum Gasteiger partial charge on any atom is 0.260 e. The molecule has 0 aliphatic rings. The van der Waals surface area contributed by atoms with Crippen molar-refractivity contribution in [2.45, 2.75) is 20.4 Å². The van der Waals surface area contributed by atoms with Crippen LogP contribution in [0.25, 0.3) is 10.2 Å². The van der Waals surface area contributed by atoms with Gasteiger partial charge in [-0.05, 0) is 49.2 Å². The number of hydrogen-bond donors (Lipinski definition) is 0. The molecule has 0 radical (unpaired) electrons. The highest BCUT2D eigenvalue weighted by molar-refractivity contribution is 7.22. The molecule has 34 heavy (non-hydrogen) atoms. The Labute approximate surface area is 201 Å². The number of fused-ring (bicyclic) bond motifs is 1. The Balaban J connectivity index is 1.49. The summed E-state index contributed by atoms with van der Waals surface area (Å²) in [5.74, 6) is 0.380. The second kappa shape index (κ2) is 9.08. The first-order valence-corrected chi connectivity index (χ1v) is 11.7. The zero-order valence-electron chi connectivity index (χ0n) is 18.8. The summed E-state index contributed by atoms with van der Waals surface area (Å²) < 4.78 is 6.60. The number of carbonyl (C=O) groups is 2. The number of rotatable bonds is 6. The van der Waals surface area contributed by atoms with Crippen molar-refractivity contribution in [3.8, 4) is 0 Å². The molecule has 5 nitrogen and oxygen atoms in total. The normalized spacial score (nSPS) is 11.0. The van der Waals surface area contributed by atoms with Crippen molar-refractivity contribution < 1.29 is 14.0 Å². The Morgan fingerprint density at radius 1 is 0.824 bits per heavy atom. The van der Waals surface area contributed by atoms with E-state index in [1.54, 1.807) is 53.6 Å². The number of hydrogen-bond acceptors (Lipinski definition) is 5. The molecule has 2 aromatic heterocycles. The molecule has 5 rings (SSSR count). The highest BCUT2D eigenvalue weighted by atomic mass is 32.1. The predicted octanol–water partition coefficient (Wildman–Crippen LogP) is 6.58. The van der Waals surface area contributed by atoms with Crippen LogP contribution < -0.4 is 4.90 Å². The molecule has 0 aliphatic carbocycles. The van der Waals surface area contributed by atoms with Crippen molar-refractivity contribution >= 4 is 38.4 Å². The lowest BCUT2D eigenvalue weighted by atomic mass is 10.0. The van der Waals surface area contributed by atoms with Gasteiger partial charge in [0.2, 0.25) is 0 Å². The van der Waals surface area contributed by atoms with Crippen LogP contribution in [0.3, 0.4) is 0 Å². The van der Waals surface area contributed by atoms with Gasteiger partial charge in [-0.1, -0.05) is 65.9 Å².